The highest BCUT2D eigenvalue weighted by Crippen LogP contribution is 2.35. The second kappa shape index (κ2) is 4.50. The Kier molecular flexibility index (Phi) is 2.81. The van der Waals surface area contributed by atoms with Crippen LogP contribution < -0.4 is 5.73 Å². The number of terminal acetylenes is 1. The number of aromatic nitrogens is 4. The first-order chi connectivity index (χ1) is 9.24. The van der Waals surface area contributed by atoms with Gasteiger partial charge in [-0.05, 0) is 6.42 Å². The number of ether oxygens (including phenoxy) is 1. The lowest BCUT2D eigenvalue weighted by atomic mass is 10.0. The quantitative estimate of drug-likeness (QED) is 0.733. The Morgan fingerprint density at radius 3 is 3.11 bits per heavy atom. The normalized spacial score (nSPS) is 26.6. The molecule has 3 N–H and O–H groups in total. The van der Waals surface area contributed by atoms with Gasteiger partial charge in [-0.15, -0.1) is 6.42 Å². The molecule has 1 saturated heterocycles. The number of hydrogen-bond acceptors (Lipinski definition) is 6. The van der Waals surface area contributed by atoms with Gasteiger partial charge in [-0.1, -0.05) is 5.92 Å². The fraction of sp³-hybridized carbons (Fsp3) is 0.417. The van der Waals surface area contributed by atoms with Gasteiger partial charge >= 0.3 is 0 Å². The number of fused-ring (bicyclic) bond motifs is 1. The summed E-state index contributed by atoms with van der Waals surface area (Å²) in [4.78, 5) is 12.2. The van der Waals surface area contributed by atoms with E-state index in [2.05, 4.69) is 20.9 Å². The maximum Gasteiger partial charge on any atom is 0.167 e. The maximum atomic E-state index is 9.19. The van der Waals surface area contributed by atoms with Crippen molar-refractivity contribution in [3.63, 3.8) is 0 Å². The van der Waals surface area contributed by atoms with Crippen molar-refractivity contribution in [2.75, 3.05) is 12.3 Å². The molecule has 0 aliphatic carbocycles. The Morgan fingerprint density at radius 1 is 1.53 bits per heavy atom. The summed E-state index contributed by atoms with van der Waals surface area (Å²) in [7, 11) is 0. The van der Waals surface area contributed by atoms with E-state index in [1.165, 1.54) is 6.33 Å². The Balaban J connectivity index is 2.05. The van der Waals surface area contributed by atoms with Gasteiger partial charge in [0.25, 0.3) is 0 Å². The molecule has 19 heavy (non-hydrogen) atoms. The predicted molar refractivity (Wildman–Crippen MR) is 67.7 cm³/mol. The zero-order chi connectivity index (χ0) is 13.4. The van der Waals surface area contributed by atoms with Crippen LogP contribution in [0.25, 0.3) is 11.2 Å². The molecule has 7 nitrogen and oxygen atoms in total. The maximum absolute atomic E-state index is 9.19. The Hall–Kier alpha value is -2.17. The smallest absolute Gasteiger partial charge is 0.167 e. The molecular formula is C12H13N5O2. The first kappa shape index (κ1) is 11.9. The van der Waals surface area contributed by atoms with Crippen molar-refractivity contribution in [3.05, 3.63) is 12.7 Å². The molecule has 1 aliphatic rings. The van der Waals surface area contributed by atoms with Crippen molar-refractivity contribution < 1.29 is 9.84 Å². The minimum atomic E-state index is -0.388. The molecule has 0 unspecified atom stereocenters. The van der Waals surface area contributed by atoms with Gasteiger partial charge in [-0.25, -0.2) is 15.0 Å². The van der Waals surface area contributed by atoms with Crippen LogP contribution in [0.3, 0.4) is 0 Å². The highest BCUT2D eigenvalue weighted by Gasteiger charge is 2.36. The van der Waals surface area contributed by atoms with Crippen molar-refractivity contribution in [2.24, 2.45) is 5.92 Å². The van der Waals surface area contributed by atoms with E-state index in [1.807, 2.05) is 0 Å². The topological polar surface area (TPSA) is 99.1 Å². The third kappa shape index (κ3) is 1.82. The third-order valence-electron chi connectivity index (χ3n) is 3.27. The molecule has 0 saturated carbocycles. The molecule has 3 atom stereocenters. The minimum absolute atomic E-state index is 0.0571. The van der Waals surface area contributed by atoms with Crippen molar-refractivity contribution >= 4 is 17.0 Å². The molecule has 0 radical (unpaired) electrons. The molecule has 98 valence electrons. The zero-order valence-electron chi connectivity index (χ0n) is 10.1. The summed E-state index contributed by atoms with van der Waals surface area (Å²) >= 11 is 0. The van der Waals surface area contributed by atoms with E-state index in [0.29, 0.717) is 23.4 Å². The Morgan fingerprint density at radius 2 is 2.37 bits per heavy atom. The van der Waals surface area contributed by atoms with E-state index in [4.69, 9.17) is 16.9 Å². The summed E-state index contributed by atoms with van der Waals surface area (Å²) in [5, 5.41) is 9.19. The molecule has 3 heterocycles. The molecule has 3 rings (SSSR count). The number of nitrogen functional groups attached to an aromatic ring is 1. The number of anilines is 1. The van der Waals surface area contributed by atoms with Crippen LogP contribution in [0.5, 0.6) is 0 Å². The van der Waals surface area contributed by atoms with Crippen molar-refractivity contribution in [1.29, 1.82) is 0 Å². The summed E-state index contributed by atoms with van der Waals surface area (Å²) in [6, 6.07) is 0. The van der Waals surface area contributed by atoms with Crippen molar-refractivity contribution in [2.45, 2.75) is 18.8 Å². The average Bonchev–Trinajstić information content (AvgIpc) is 3.02. The van der Waals surface area contributed by atoms with Gasteiger partial charge in [0.1, 0.15) is 11.8 Å². The van der Waals surface area contributed by atoms with Crippen LogP contribution in [-0.2, 0) is 4.74 Å². The zero-order valence-corrected chi connectivity index (χ0v) is 10.1. The van der Waals surface area contributed by atoms with Gasteiger partial charge in [-0.3, -0.25) is 4.57 Å². The van der Waals surface area contributed by atoms with Gasteiger partial charge in [-0.2, -0.15) is 0 Å². The number of hydrogen-bond donors (Lipinski definition) is 2. The molecule has 0 amide bonds. The fourth-order valence-corrected chi connectivity index (χ4v) is 2.33. The van der Waals surface area contributed by atoms with Crippen LogP contribution >= 0.6 is 0 Å². The average molecular weight is 259 g/mol. The Bertz CT molecular complexity index is 647. The molecule has 0 bridgehead atoms. The van der Waals surface area contributed by atoms with Crippen LogP contribution in [0.15, 0.2) is 12.7 Å². The number of nitrogens with zero attached hydrogens (tertiary/aromatic N) is 4. The minimum Gasteiger partial charge on any atom is -0.394 e. The van der Waals surface area contributed by atoms with Crippen LogP contribution in [-0.4, -0.2) is 37.3 Å². The second-order valence-electron chi connectivity index (χ2n) is 4.42. The summed E-state index contributed by atoms with van der Waals surface area (Å²) in [6.07, 6.45) is 8.44. The number of aliphatic hydroxyl groups excluding tert-OH is 1. The van der Waals surface area contributed by atoms with E-state index >= 15 is 0 Å². The predicted octanol–water partition coefficient (Wildman–Crippen LogP) is -0.0623. The van der Waals surface area contributed by atoms with E-state index < -0.39 is 0 Å². The second-order valence-corrected chi connectivity index (χ2v) is 4.42. The third-order valence-corrected chi connectivity index (χ3v) is 3.27. The number of rotatable bonds is 2. The molecule has 2 aromatic rings. The van der Waals surface area contributed by atoms with Gasteiger partial charge in [0, 0.05) is 0 Å². The number of nitrogens with two attached hydrogens (primary N) is 1. The fourth-order valence-electron chi connectivity index (χ4n) is 2.33. The van der Waals surface area contributed by atoms with Gasteiger partial charge in [0.15, 0.2) is 17.7 Å². The molecule has 1 aliphatic heterocycles. The monoisotopic (exact) mass is 259 g/mol. The van der Waals surface area contributed by atoms with Gasteiger partial charge in [0.05, 0.1) is 25.0 Å². The lowest BCUT2D eigenvalue weighted by molar-refractivity contribution is -0.0262. The highest BCUT2D eigenvalue weighted by molar-refractivity contribution is 5.81. The SMILES string of the molecule is C#C[C@H]1C[C@@H](CO)O[C@H]1n1cnc2c(N)ncnc21. The van der Waals surface area contributed by atoms with Crippen LogP contribution in [0, 0.1) is 18.3 Å². The summed E-state index contributed by atoms with van der Waals surface area (Å²) in [6.45, 7) is -0.0571. The summed E-state index contributed by atoms with van der Waals surface area (Å²) < 4.78 is 7.48. The summed E-state index contributed by atoms with van der Waals surface area (Å²) in [5.74, 6) is 2.87. The van der Waals surface area contributed by atoms with Gasteiger partial charge < -0.3 is 15.6 Å². The van der Waals surface area contributed by atoms with E-state index in [-0.39, 0.29) is 24.9 Å². The lowest BCUT2D eigenvalue weighted by Gasteiger charge is -2.16. The van der Waals surface area contributed by atoms with E-state index in [0.717, 1.165) is 0 Å². The van der Waals surface area contributed by atoms with Crippen molar-refractivity contribution in [3.8, 4) is 12.3 Å². The molecule has 7 heteroatoms. The molecule has 0 spiro atoms. The molecule has 2 aromatic heterocycles. The van der Waals surface area contributed by atoms with Gasteiger partial charge in [0.2, 0.25) is 0 Å². The van der Waals surface area contributed by atoms with Crippen molar-refractivity contribution in [1.82, 2.24) is 19.5 Å². The first-order valence-electron chi connectivity index (χ1n) is 5.90. The largest absolute Gasteiger partial charge is 0.394 e. The molecular weight excluding hydrogens is 246 g/mol. The van der Waals surface area contributed by atoms with Crippen LogP contribution in [0.1, 0.15) is 12.6 Å². The molecule has 1 fully saturated rings. The van der Waals surface area contributed by atoms with Crippen LogP contribution in [0.2, 0.25) is 0 Å². The summed E-state index contributed by atoms with van der Waals surface area (Å²) in [5.41, 5.74) is 6.84. The standard InChI is InChI=1S/C12H13N5O2/c1-2-7-3-8(4-18)19-12(7)17-6-16-9-10(13)14-5-15-11(9)17/h1,5-8,12,18H,3-4H2,(H2,13,14,15)/t7-,8-,12+/m0/s1. The number of aliphatic hydroxyl groups is 1. The van der Waals surface area contributed by atoms with Crippen LogP contribution in [0.4, 0.5) is 5.82 Å². The highest BCUT2D eigenvalue weighted by atomic mass is 16.5. The van der Waals surface area contributed by atoms with E-state index in [9.17, 15) is 5.11 Å². The molecule has 0 aromatic carbocycles. The lowest BCUT2D eigenvalue weighted by Crippen LogP contribution is -2.16. The van der Waals surface area contributed by atoms with E-state index in [1.54, 1.807) is 10.9 Å². The Labute approximate surface area is 109 Å². The number of imidazole rings is 1. The first-order valence-corrected chi connectivity index (χ1v) is 5.90.